The predicted octanol–water partition coefficient (Wildman–Crippen LogP) is 4.00. The van der Waals surface area contributed by atoms with Crippen LogP contribution in [0.3, 0.4) is 0 Å². The van der Waals surface area contributed by atoms with Crippen molar-refractivity contribution in [1.29, 1.82) is 5.26 Å². The lowest BCUT2D eigenvalue weighted by Gasteiger charge is -2.21. The van der Waals surface area contributed by atoms with E-state index >= 15 is 0 Å². The lowest BCUT2D eigenvalue weighted by molar-refractivity contribution is -0.115. The van der Waals surface area contributed by atoms with E-state index in [2.05, 4.69) is 11.4 Å². The lowest BCUT2D eigenvalue weighted by Crippen LogP contribution is -2.22. The molecule has 1 aromatic carbocycles. The topological polar surface area (TPSA) is 35.8 Å². The number of hydrogen-bond donors (Lipinski definition) is 1. The van der Waals surface area contributed by atoms with Crippen molar-refractivity contribution in [2.75, 3.05) is 11.9 Å². The summed E-state index contributed by atoms with van der Waals surface area (Å²) in [5.74, 6) is 0. The number of anilines is 1. The van der Waals surface area contributed by atoms with E-state index in [1.54, 1.807) is 24.3 Å². The fourth-order valence-electron chi connectivity index (χ4n) is 2.55. The summed E-state index contributed by atoms with van der Waals surface area (Å²) in [6.45, 7) is -1.05. The van der Waals surface area contributed by atoms with Crippen molar-refractivity contribution in [3.63, 3.8) is 0 Å². The van der Waals surface area contributed by atoms with Crippen molar-refractivity contribution in [3.8, 4) is 6.07 Å². The van der Waals surface area contributed by atoms with Crippen molar-refractivity contribution in [2.24, 2.45) is 0 Å². The van der Waals surface area contributed by atoms with Gasteiger partial charge in [-0.3, -0.25) is 0 Å². The molecule has 0 radical (unpaired) electrons. The van der Waals surface area contributed by atoms with Gasteiger partial charge in [0.05, 0.1) is 11.5 Å². The highest BCUT2D eigenvalue weighted by molar-refractivity contribution is 5.47. The van der Waals surface area contributed by atoms with Gasteiger partial charge in [-0.25, -0.2) is 0 Å². The summed E-state index contributed by atoms with van der Waals surface area (Å²) in [6.07, 6.45) is -0.501. The number of halogens is 3. The SMILES string of the molecule is N#CC1(c2ccc(NCC(F)(F)F)cc2)CCCC1. The average Bonchev–Trinajstić information content (AvgIpc) is 2.86. The molecule has 0 saturated heterocycles. The van der Waals surface area contributed by atoms with E-state index in [-0.39, 0.29) is 0 Å². The second kappa shape index (κ2) is 5.12. The van der Waals surface area contributed by atoms with Gasteiger partial charge in [0, 0.05) is 5.69 Å². The van der Waals surface area contributed by atoms with E-state index in [1.165, 1.54) is 0 Å². The molecular weight excluding hydrogens is 253 g/mol. The predicted molar refractivity (Wildman–Crippen MR) is 66.7 cm³/mol. The number of nitrogens with one attached hydrogen (secondary N) is 1. The van der Waals surface area contributed by atoms with Crippen LogP contribution in [0.1, 0.15) is 31.2 Å². The first-order valence-corrected chi connectivity index (χ1v) is 6.28. The van der Waals surface area contributed by atoms with Gasteiger partial charge >= 0.3 is 6.18 Å². The van der Waals surface area contributed by atoms with Gasteiger partial charge in [0.1, 0.15) is 6.54 Å². The van der Waals surface area contributed by atoms with Gasteiger partial charge < -0.3 is 5.32 Å². The van der Waals surface area contributed by atoms with Crippen LogP contribution in [0.15, 0.2) is 24.3 Å². The first-order chi connectivity index (χ1) is 8.95. The fourth-order valence-corrected chi connectivity index (χ4v) is 2.55. The minimum absolute atomic E-state index is 0.423. The zero-order valence-corrected chi connectivity index (χ0v) is 10.4. The summed E-state index contributed by atoms with van der Waals surface area (Å²) in [5.41, 5.74) is 0.889. The zero-order chi connectivity index (χ0) is 13.9. The van der Waals surface area contributed by atoms with Crippen molar-refractivity contribution in [2.45, 2.75) is 37.3 Å². The van der Waals surface area contributed by atoms with Gasteiger partial charge in [-0.2, -0.15) is 18.4 Å². The third-order valence-electron chi connectivity index (χ3n) is 3.60. The minimum atomic E-state index is -4.22. The Morgan fingerprint density at radius 3 is 2.21 bits per heavy atom. The molecule has 0 bridgehead atoms. The van der Waals surface area contributed by atoms with E-state index in [4.69, 9.17) is 0 Å². The van der Waals surface area contributed by atoms with Gasteiger partial charge in [0.2, 0.25) is 0 Å². The molecule has 2 rings (SSSR count). The molecule has 0 heterocycles. The quantitative estimate of drug-likeness (QED) is 0.899. The van der Waals surface area contributed by atoms with Crippen LogP contribution < -0.4 is 5.32 Å². The minimum Gasteiger partial charge on any atom is -0.376 e. The molecule has 1 aromatic rings. The molecule has 0 unspecified atom stereocenters. The van der Waals surface area contributed by atoms with Crippen LogP contribution in [0.2, 0.25) is 0 Å². The van der Waals surface area contributed by atoms with Gasteiger partial charge in [-0.1, -0.05) is 25.0 Å². The highest BCUT2D eigenvalue weighted by atomic mass is 19.4. The zero-order valence-electron chi connectivity index (χ0n) is 10.4. The normalized spacial score (nSPS) is 18.0. The average molecular weight is 268 g/mol. The first kappa shape index (κ1) is 13.7. The maximum atomic E-state index is 12.1. The monoisotopic (exact) mass is 268 g/mol. The number of nitrogens with zero attached hydrogens (tertiary/aromatic N) is 1. The molecule has 1 saturated carbocycles. The van der Waals surface area contributed by atoms with E-state index in [0.717, 1.165) is 31.2 Å². The molecule has 1 N–H and O–H groups in total. The molecule has 5 heteroatoms. The Labute approximate surface area is 110 Å². The fraction of sp³-hybridized carbons (Fsp3) is 0.500. The molecule has 0 aromatic heterocycles. The van der Waals surface area contributed by atoms with Gasteiger partial charge in [-0.05, 0) is 30.5 Å². The Bertz CT molecular complexity index is 465. The smallest absolute Gasteiger partial charge is 0.376 e. The summed E-state index contributed by atoms with van der Waals surface area (Å²) in [6, 6.07) is 9.10. The highest BCUT2D eigenvalue weighted by Crippen LogP contribution is 2.40. The number of alkyl halides is 3. The van der Waals surface area contributed by atoms with Crippen LogP contribution in [0.5, 0.6) is 0 Å². The number of rotatable bonds is 3. The van der Waals surface area contributed by atoms with E-state index in [9.17, 15) is 18.4 Å². The number of hydrogen-bond acceptors (Lipinski definition) is 2. The van der Waals surface area contributed by atoms with E-state index in [0.29, 0.717) is 5.69 Å². The van der Waals surface area contributed by atoms with Crippen LogP contribution >= 0.6 is 0 Å². The maximum absolute atomic E-state index is 12.1. The molecule has 0 spiro atoms. The van der Waals surface area contributed by atoms with Crippen LogP contribution in [-0.2, 0) is 5.41 Å². The summed E-state index contributed by atoms with van der Waals surface area (Å²) < 4.78 is 36.2. The lowest BCUT2D eigenvalue weighted by atomic mass is 9.80. The van der Waals surface area contributed by atoms with Gasteiger partial charge in [-0.15, -0.1) is 0 Å². The molecule has 1 aliphatic rings. The van der Waals surface area contributed by atoms with E-state index < -0.39 is 18.1 Å². The molecular formula is C14H15F3N2. The largest absolute Gasteiger partial charge is 0.405 e. The number of benzene rings is 1. The Kier molecular flexibility index (Phi) is 3.70. The second-order valence-electron chi connectivity index (χ2n) is 4.95. The van der Waals surface area contributed by atoms with Crippen molar-refractivity contribution in [3.05, 3.63) is 29.8 Å². The van der Waals surface area contributed by atoms with Gasteiger partial charge in [0.25, 0.3) is 0 Å². The van der Waals surface area contributed by atoms with Crippen LogP contribution in [0.25, 0.3) is 0 Å². The molecule has 1 fully saturated rings. The summed E-state index contributed by atoms with van der Waals surface area (Å²) in [4.78, 5) is 0. The molecule has 1 aliphatic carbocycles. The van der Waals surface area contributed by atoms with Crippen molar-refractivity contribution >= 4 is 5.69 Å². The van der Waals surface area contributed by atoms with Crippen LogP contribution in [0.4, 0.5) is 18.9 Å². The second-order valence-corrected chi connectivity index (χ2v) is 4.95. The molecule has 0 aliphatic heterocycles. The Morgan fingerprint density at radius 2 is 1.74 bits per heavy atom. The Balaban J connectivity index is 2.08. The van der Waals surface area contributed by atoms with Gasteiger partial charge in [0.15, 0.2) is 0 Å². The Hall–Kier alpha value is -1.70. The molecule has 19 heavy (non-hydrogen) atoms. The Morgan fingerprint density at radius 1 is 1.16 bits per heavy atom. The van der Waals surface area contributed by atoms with Crippen LogP contribution in [-0.4, -0.2) is 12.7 Å². The number of nitriles is 1. The van der Waals surface area contributed by atoms with Crippen molar-refractivity contribution < 1.29 is 13.2 Å². The van der Waals surface area contributed by atoms with Crippen molar-refractivity contribution in [1.82, 2.24) is 0 Å². The third kappa shape index (κ3) is 3.19. The highest BCUT2D eigenvalue weighted by Gasteiger charge is 2.35. The third-order valence-corrected chi connectivity index (χ3v) is 3.60. The summed E-state index contributed by atoms with van der Waals surface area (Å²) in [5, 5.41) is 11.7. The molecule has 2 nitrogen and oxygen atoms in total. The first-order valence-electron chi connectivity index (χ1n) is 6.28. The summed E-state index contributed by atoms with van der Waals surface area (Å²) in [7, 11) is 0. The molecule has 0 atom stereocenters. The maximum Gasteiger partial charge on any atom is 0.405 e. The molecule has 0 amide bonds. The van der Waals surface area contributed by atoms with E-state index in [1.807, 2.05) is 0 Å². The van der Waals surface area contributed by atoms with Crippen LogP contribution in [0, 0.1) is 11.3 Å². The summed E-state index contributed by atoms with van der Waals surface area (Å²) >= 11 is 0. The standard InChI is InChI=1S/C14H15F3N2/c15-14(16,17)10-19-12-5-3-11(4-6-12)13(9-18)7-1-2-8-13/h3-6,19H,1-2,7-8,10H2. The molecule has 102 valence electrons.